The first-order chi connectivity index (χ1) is 16.7. The Hall–Kier alpha value is -1.46. The summed E-state index contributed by atoms with van der Waals surface area (Å²) in [7, 11) is -1.21. The number of rotatable bonds is 8. The molecule has 35 heavy (non-hydrogen) atoms. The molecule has 10 heteroatoms. The second kappa shape index (κ2) is 10.1. The minimum Gasteiger partial charge on any atom is -0.470 e. The highest BCUT2D eigenvalue weighted by Gasteiger charge is 2.48. The maximum absolute atomic E-state index is 10.1. The monoisotopic (exact) mass is 580 g/mol. The van der Waals surface area contributed by atoms with Crippen LogP contribution in [0, 0.1) is 0 Å². The molecule has 0 amide bonds. The van der Waals surface area contributed by atoms with Gasteiger partial charge in [0.1, 0.15) is 25.0 Å². The van der Waals surface area contributed by atoms with Crippen LogP contribution in [0.4, 0.5) is 0 Å². The highest BCUT2D eigenvalue weighted by Crippen LogP contribution is 2.36. The molecule has 4 heterocycles. The van der Waals surface area contributed by atoms with Crippen LogP contribution in [0.25, 0.3) is 22.3 Å². The van der Waals surface area contributed by atoms with Gasteiger partial charge in [0, 0.05) is 30.8 Å². The van der Waals surface area contributed by atoms with E-state index in [-0.39, 0.29) is 24.9 Å². The lowest BCUT2D eigenvalue weighted by Gasteiger charge is -2.20. The Balaban J connectivity index is 1.46. The van der Waals surface area contributed by atoms with Crippen LogP contribution in [-0.2, 0) is 20.9 Å². The largest absolute Gasteiger partial charge is 0.470 e. The first kappa shape index (κ1) is 25.2. The zero-order valence-electron chi connectivity index (χ0n) is 20.0. The maximum atomic E-state index is 10.1. The summed E-state index contributed by atoms with van der Waals surface area (Å²) in [4.78, 5) is 4.88. The molecular weight excluding hydrogens is 552 g/mol. The number of pyridine rings is 1. The Morgan fingerprint density at radius 1 is 1.14 bits per heavy atom. The Bertz CT molecular complexity index is 1200. The lowest BCUT2D eigenvalue weighted by Crippen LogP contribution is -2.35. The fourth-order valence-electron chi connectivity index (χ4n) is 4.40. The van der Waals surface area contributed by atoms with Crippen molar-refractivity contribution in [3.8, 4) is 17.1 Å². The van der Waals surface area contributed by atoms with Gasteiger partial charge in [-0.05, 0) is 24.2 Å². The van der Waals surface area contributed by atoms with Crippen LogP contribution in [0.1, 0.15) is 0 Å². The number of nitrogens with zero attached hydrogens (tertiary/aromatic N) is 2. The van der Waals surface area contributed by atoms with Gasteiger partial charge < -0.3 is 24.1 Å². The summed E-state index contributed by atoms with van der Waals surface area (Å²) >= 11 is 10.2. The van der Waals surface area contributed by atoms with Crippen molar-refractivity contribution in [1.29, 1.82) is 0 Å². The van der Waals surface area contributed by atoms with Crippen LogP contribution in [0.15, 0.2) is 40.9 Å². The van der Waals surface area contributed by atoms with Gasteiger partial charge in [-0.15, -0.1) is 0 Å². The Morgan fingerprint density at radius 3 is 2.63 bits per heavy atom. The van der Waals surface area contributed by atoms with Gasteiger partial charge in [0.25, 0.3) is 0 Å². The molecule has 2 aliphatic rings. The number of aliphatic hydroxyl groups excluding tert-OH is 1. The summed E-state index contributed by atoms with van der Waals surface area (Å²) in [6.07, 6.45) is -1.62. The number of hydrogen-bond acceptors (Lipinski definition) is 6. The molecule has 0 saturated carbocycles. The van der Waals surface area contributed by atoms with E-state index in [1.54, 1.807) is 0 Å². The molecule has 0 aliphatic carbocycles. The maximum Gasteiger partial charge on any atom is 0.198 e. The number of ether oxygens (including phenoxy) is 4. The van der Waals surface area contributed by atoms with E-state index in [4.69, 9.17) is 35.5 Å². The molecule has 0 bridgehead atoms. The molecule has 7 nitrogen and oxygen atoms in total. The van der Waals surface area contributed by atoms with Gasteiger partial charge in [-0.2, -0.15) is 0 Å². The van der Waals surface area contributed by atoms with Crippen LogP contribution in [-0.4, -0.2) is 67.0 Å². The zero-order valence-corrected chi connectivity index (χ0v) is 23.4. The van der Waals surface area contributed by atoms with Gasteiger partial charge in [0.15, 0.2) is 12.0 Å². The lowest BCUT2D eigenvalue weighted by molar-refractivity contribution is 0.00479. The zero-order chi connectivity index (χ0) is 24.7. The summed E-state index contributed by atoms with van der Waals surface area (Å²) in [6.45, 7) is 8.60. The third-order valence-electron chi connectivity index (χ3n) is 6.39. The number of aliphatic hydroxyl groups is 1. The van der Waals surface area contributed by atoms with Crippen LogP contribution in [0.2, 0.25) is 30.7 Å². The molecule has 4 atom stereocenters. The second-order valence-corrected chi connectivity index (χ2v) is 17.3. The van der Waals surface area contributed by atoms with Gasteiger partial charge in [0.2, 0.25) is 0 Å². The number of aromatic nitrogens is 2. The highest BCUT2D eigenvalue weighted by molar-refractivity contribution is 9.10. The molecule has 5 rings (SSSR count). The number of hydrogen-bond donors (Lipinski definition) is 1. The van der Waals surface area contributed by atoms with E-state index in [0.29, 0.717) is 36.5 Å². The second-order valence-electron chi connectivity index (χ2n) is 10.3. The van der Waals surface area contributed by atoms with Gasteiger partial charge in [0.05, 0.1) is 35.0 Å². The first-order valence-corrected chi connectivity index (χ1v) is 16.7. The molecule has 0 unspecified atom stereocenters. The first-order valence-electron chi connectivity index (χ1n) is 11.8. The van der Waals surface area contributed by atoms with Crippen molar-refractivity contribution in [2.75, 3.05) is 19.8 Å². The summed E-state index contributed by atoms with van der Waals surface area (Å²) in [6, 6.07) is 12.8. The molecule has 1 N–H and O–H groups in total. The molecule has 0 spiro atoms. The van der Waals surface area contributed by atoms with Gasteiger partial charge in [-0.25, -0.2) is 4.98 Å². The number of fused-ring (bicyclic) bond motifs is 2. The quantitative estimate of drug-likeness (QED) is 0.286. The molecule has 3 aromatic rings. The van der Waals surface area contributed by atoms with Crippen molar-refractivity contribution < 1.29 is 24.1 Å². The van der Waals surface area contributed by atoms with Crippen LogP contribution < -0.4 is 4.74 Å². The topological polar surface area (TPSA) is 75.0 Å². The predicted octanol–water partition coefficient (Wildman–Crippen LogP) is 5.34. The molecule has 2 aromatic heterocycles. The van der Waals surface area contributed by atoms with E-state index in [0.717, 1.165) is 27.1 Å². The van der Waals surface area contributed by atoms with Crippen molar-refractivity contribution in [3.05, 3.63) is 45.9 Å². The summed E-state index contributed by atoms with van der Waals surface area (Å²) in [5, 5.41) is 10.6. The molecule has 2 saturated heterocycles. The Kier molecular flexibility index (Phi) is 7.29. The minimum absolute atomic E-state index is 0.256. The van der Waals surface area contributed by atoms with Crippen molar-refractivity contribution in [2.45, 2.75) is 56.8 Å². The minimum atomic E-state index is -1.21. The smallest absolute Gasteiger partial charge is 0.198 e. The fourth-order valence-corrected chi connectivity index (χ4v) is 5.68. The van der Waals surface area contributed by atoms with Crippen LogP contribution in [0.5, 0.6) is 5.88 Å². The fraction of sp³-hybridized carbons (Fsp3) is 0.480. The van der Waals surface area contributed by atoms with E-state index in [1.165, 1.54) is 0 Å². The Morgan fingerprint density at radius 2 is 1.89 bits per heavy atom. The normalized spacial score (nSPS) is 24.3. The van der Waals surface area contributed by atoms with Gasteiger partial charge in [-0.1, -0.05) is 59.3 Å². The molecule has 188 valence electrons. The SMILES string of the molecule is C[Si](C)(C)CCOCn1c(O[C@@H]2CO[C@H]3[C@@H]2OC[C@H]3O)cc2nc(-c3ccc(Br)cc3)c(Cl)cc21. The molecular formula is C25H30BrClN2O5Si. The predicted molar refractivity (Wildman–Crippen MR) is 142 cm³/mol. The van der Waals surface area contributed by atoms with E-state index in [1.807, 2.05) is 41.0 Å². The summed E-state index contributed by atoms with van der Waals surface area (Å²) in [5.41, 5.74) is 3.24. The average molecular weight is 582 g/mol. The lowest BCUT2D eigenvalue weighted by atomic mass is 10.1. The van der Waals surface area contributed by atoms with Gasteiger partial charge in [-0.3, -0.25) is 4.57 Å². The van der Waals surface area contributed by atoms with Crippen LogP contribution in [0.3, 0.4) is 0 Å². The molecule has 2 fully saturated rings. The average Bonchev–Trinajstić information content (AvgIpc) is 3.47. The summed E-state index contributed by atoms with van der Waals surface area (Å²) in [5.74, 6) is 0.615. The van der Waals surface area contributed by atoms with Crippen molar-refractivity contribution >= 4 is 46.6 Å². The van der Waals surface area contributed by atoms with E-state index < -0.39 is 14.2 Å². The van der Waals surface area contributed by atoms with Crippen molar-refractivity contribution in [1.82, 2.24) is 9.55 Å². The number of benzene rings is 1. The van der Waals surface area contributed by atoms with Crippen molar-refractivity contribution in [2.24, 2.45) is 0 Å². The number of halogens is 2. The third-order valence-corrected chi connectivity index (χ3v) is 8.91. The van der Waals surface area contributed by atoms with Crippen LogP contribution >= 0.6 is 27.5 Å². The molecule has 0 radical (unpaired) electrons. The third kappa shape index (κ3) is 5.46. The standard InChI is InChI=1S/C25H30BrClN2O5Si/c1-35(2,3)9-8-31-14-29-19-10-17(27)23(15-4-6-16(26)7-5-15)28-18(19)11-22(29)34-21-13-33-24-20(30)12-32-25(21)24/h4-7,10-11,20-21,24-25,30H,8-9,12-14H2,1-3H3/t20-,21-,24-,25-/m1/s1. The molecule has 2 aliphatic heterocycles. The molecule has 1 aromatic carbocycles. The van der Waals surface area contributed by atoms with E-state index >= 15 is 0 Å². The van der Waals surface area contributed by atoms with Crippen molar-refractivity contribution in [3.63, 3.8) is 0 Å². The summed E-state index contributed by atoms with van der Waals surface area (Å²) < 4.78 is 26.9. The highest BCUT2D eigenvalue weighted by atomic mass is 79.9. The Labute approximate surface area is 219 Å². The van der Waals surface area contributed by atoms with E-state index in [9.17, 15) is 5.11 Å². The van der Waals surface area contributed by atoms with Gasteiger partial charge >= 0.3 is 0 Å². The van der Waals surface area contributed by atoms with E-state index in [2.05, 4.69) is 35.6 Å².